The zero-order valence-electron chi connectivity index (χ0n) is 12.8. The molecule has 0 amide bonds. The van der Waals surface area contributed by atoms with E-state index in [0.29, 0.717) is 33.8 Å². The summed E-state index contributed by atoms with van der Waals surface area (Å²) in [6, 6.07) is 8.10. The number of ether oxygens (including phenoxy) is 1. The van der Waals surface area contributed by atoms with Crippen LogP contribution in [0.2, 0.25) is 10.0 Å². The number of nitrogens with zero attached hydrogens (tertiary/aromatic N) is 2. The summed E-state index contributed by atoms with van der Waals surface area (Å²) in [5.41, 5.74) is 2.21. The molecule has 3 aromatic rings. The maximum absolute atomic E-state index is 11.1. The Morgan fingerprint density at radius 3 is 2.46 bits per heavy atom. The van der Waals surface area contributed by atoms with Crippen LogP contribution in [-0.4, -0.2) is 20.4 Å². The van der Waals surface area contributed by atoms with Crippen LogP contribution in [-0.2, 0) is 12.8 Å². The number of rotatable bonds is 5. The molecule has 0 saturated carbocycles. The third-order valence-electron chi connectivity index (χ3n) is 3.41. The van der Waals surface area contributed by atoms with Gasteiger partial charge in [-0.25, -0.2) is 10.2 Å². The molecule has 0 fully saturated rings. The SMILES string of the molecule is CCc1c(Cc2ccc(=O)[nH]n2)n[nH]c1Oc1cc(Cl)cc(Cl)c1. The molecule has 3 rings (SSSR count). The summed E-state index contributed by atoms with van der Waals surface area (Å²) >= 11 is 12.0. The summed E-state index contributed by atoms with van der Waals surface area (Å²) < 4.78 is 5.83. The number of benzene rings is 1. The third-order valence-corrected chi connectivity index (χ3v) is 3.85. The lowest BCUT2D eigenvalue weighted by Crippen LogP contribution is -2.08. The van der Waals surface area contributed by atoms with Crippen molar-refractivity contribution in [3.63, 3.8) is 0 Å². The van der Waals surface area contributed by atoms with Gasteiger partial charge in [-0.15, -0.1) is 0 Å². The van der Waals surface area contributed by atoms with Gasteiger partial charge in [-0.3, -0.25) is 4.79 Å². The molecule has 24 heavy (non-hydrogen) atoms. The number of aromatic nitrogens is 4. The Kier molecular flexibility index (Phi) is 4.87. The minimum atomic E-state index is -0.238. The molecule has 8 heteroatoms. The van der Waals surface area contributed by atoms with Crippen LogP contribution in [0.3, 0.4) is 0 Å². The van der Waals surface area contributed by atoms with Crippen molar-refractivity contribution in [3.8, 4) is 11.6 Å². The van der Waals surface area contributed by atoms with Crippen molar-refractivity contribution in [2.24, 2.45) is 0 Å². The van der Waals surface area contributed by atoms with E-state index >= 15 is 0 Å². The van der Waals surface area contributed by atoms with Gasteiger partial charge in [0, 0.05) is 28.1 Å². The Labute approximate surface area is 147 Å². The molecular weight excluding hydrogens is 351 g/mol. The highest BCUT2D eigenvalue weighted by molar-refractivity contribution is 6.34. The summed E-state index contributed by atoms with van der Waals surface area (Å²) in [6.07, 6.45) is 1.20. The van der Waals surface area contributed by atoms with Crippen LogP contribution in [0, 0.1) is 0 Å². The highest BCUT2D eigenvalue weighted by Crippen LogP contribution is 2.30. The van der Waals surface area contributed by atoms with Gasteiger partial charge in [-0.2, -0.15) is 10.2 Å². The summed E-state index contributed by atoms with van der Waals surface area (Å²) in [5.74, 6) is 1.06. The van der Waals surface area contributed by atoms with Gasteiger partial charge in [0.2, 0.25) is 5.88 Å². The van der Waals surface area contributed by atoms with E-state index in [2.05, 4.69) is 20.4 Å². The normalized spacial score (nSPS) is 10.8. The Balaban J connectivity index is 1.86. The molecule has 2 N–H and O–H groups in total. The Morgan fingerprint density at radius 1 is 1.08 bits per heavy atom. The number of H-pyrrole nitrogens is 2. The summed E-state index contributed by atoms with van der Waals surface area (Å²) in [6.45, 7) is 2.01. The minimum absolute atomic E-state index is 0.238. The van der Waals surface area contributed by atoms with Crippen LogP contribution in [0.25, 0.3) is 0 Å². The lowest BCUT2D eigenvalue weighted by Gasteiger charge is -2.07. The number of nitrogens with one attached hydrogen (secondary N) is 2. The highest BCUT2D eigenvalue weighted by Gasteiger charge is 2.15. The van der Waals surface area contributed by atoms with Crippen molar-refractivity contribution < 1.29 is 4.74 Å². The smallest absolute Gasteiger partial charge is 0.264 e. The average molecular weight is 365 g/mol. The fraction of sp³-hybridized carbons (Fsp3) is 0.188. The summed E-state index contributed by atoms with van der Waals surface area (Å²) in [5, 5.41) is 14.6. The first-order chi connectivity index (χ1) is 11.5. The van der Waals surface area contributed by atoms with Gasteiger partial charge in [-0.05, 0) is 30.7 Å². The first kappa shape index (κ1) is 16.5. The molecule has 1 aromatic carbocycles. The van der Waals surface area contributed by atoms with Gasteiger partial charge < -0.3 is 4.74 Å². The predicted octanol–water partition coefficient (Wildman–Crippen LogP) is 3.75. The van der Waals surface area contributed by atoms with Crippen LogP contribution < -0.4 is 10.3 Å². The number of hydrogen-bond donors (Lipinski definition) is 2. The van der Waals surface area contributed by atoms with Gasteiger partial charge in [0.25, 0.3) is 5.56 Å². The van der Waals surface area contributed by atoms with Crippen molar-refractivity contribution in [2.75, 3.05) is 0 Å². The first-order valence-corrected chi connectivity index (χ1v) is 8.05. The summed E-state index contributed by atoms with van der Waals surface area (Å²) in [7, 11) is 0. The molecule has 0 aliphatic carbocycles. The van der Waals surface area contributed by atoms with Crippen molar-refractivity contribution in [3.05, 3.63) is 67.7 Å². The van der Waals surface area contributed by atoms with Crippen LogP contribution in [0.1, 0.15) is 23.9 Å². The van der Waals surface area contributed by atoms with E-state index in [1.807, 2.05) is 6.92 Å². The monoisotopic (exact) mass is 364 g/mol. The second kappa shape index (κ2) is 7.07. The van der Waals surface area contributed by atoms with Gasteiger partial charge in [-0.1, -0.05) is 30.1 Å². The van der Waals surface area contributed by atoms with E-state index < -0.39 is 0 Å². The largest absolute Gasteiger partial charge is 0.439 e. The van der Waals surface area contributed by atoms with Gasteiger partial charge in [0.05, 0.1) is 11.4 Å². The minimum Gasteiger partial charge on any atom is -0.439 e. The lowest BCUT2D eigenvalue weighted by molar-refractivity contribution is 0.456. The predicted molar refractivity (Wildman–Crippen MR) is 92.2 cm³/mol. The number of hydrogen-bond acceptors (Lipinski definition) is 4. The zero-order valence-corrected chi connectivity index (χ0v) is 14.3. The van der Waals surface area contributed by atoms with Gasteiger partial charge in [0.15, 0.2) is 0 Å². The topological polar surface area (TPSA) is 83.7 Å². The highest BCUT2D eigenvalue weighted by atomic mass is 35.5. The van der Waals surface area contributed by atoms with Crippen LogP contribution in [0.4, 0.5) is 0 Å². The van der Waals surface area contributed by atoms with E-state index in [-0.39, 0.29) is 5.56 Å². The van der Waals surface area contributed by atoms with E-state index in [9.17, 15) is 4.79 Å². The van der Waals surface area contributed by atoms with Crippen LogP contribution in [0.15, 0.2) is 35.1 Å². The molecule has 0 unspecified atom stereocenters. The van der Waals surface area contributed by atoms with Crippen molar-refractivity contribution in [1.29, 1.82) is 0 Å². The standard InChI is InChI=1S/C16H14Cl2N4O2/c1-2-13-14(8-11-3-4-15(23)21-19-11)20-22-16(13)24-12-6-9(17)5-10(18)7-12/h3-7H,2,8H2,1H3,(H,20,22)(H,21,23). The first-order valence-electron chi connectivity index (χ1n) is 7.30. The van der Waals surface area contributed by atoms with E-state index in [1.54, 1.807) is 24.3 Å². The second-order valence-electron chi connectivity index (χ2n) is 5.13. The molecule has 0 saturated heterocycles. The molecule has 124 valence electrons. The van der Waals surface area contributed by atoms with Crippen LogP contribution >= 0.6 is 23.2 Å². The van der Waals surface area contributed by atoms with Crippen molar-refractivity contribution in [1.82, 2.24) is 20.4 Å². The maximum Gasteiger partial charge on any atom is 0.264 e. The Bertz CT molecular complexity index is 880. The van der Waals surface area contributed by atoms with Gasteiger partial charge in [0.1, 0.15) is 5.75 Å². The fourth-order valence-electron chi connectivity index (χ4n) is 2.33. The molecule has 6 nitrogen and oxygen atoms in total. The number of halogens is 2. The Morgan fingerprint density at radius 2 is 1.83 bits per heavy atom. The molecule has 0 spiro atoms. The van der Waals surface area contributed by atoms with Gasteiger partial charge >= 0.3 is 0 Å². The molecule has 0 atom stereocenters. The van der Waals surface area contributed by atoms with Crippen molar-refractivity contribution >= 4 is 23.2 Å². The van der Waals surface area contributed by atoms with E-state index in [4.69, 9.17) is 27.9 Å². The van der Waals surface area contributed by atoms with E-state index in [1.165, 1.54) is 6.07 Å². The molecule has 0 aliphatic rings. The number of aromatic amines is 2. The third kappa shape index (κ3) is 3.77. The van der Waals surface area contributed by atoms with E-state index in [0.717, 1.165) is 17.7 Å². The lowest BCUT2D eigenvalue weighted by atomic mass is 10.1. The fourth-order valence-corrected chi connectivity index (χ4v) is 2.83. The summed E-state index contributed by atoms with van der Waals surface area (Å²) in [4.78, 5) is 11.1. The molecule has 0 radical (unpaired) electrons. The average Bonchev–Trinajstić information content (AvgIpc) is 2.90. The molecular formula is C16H14Cl2N4O2. The second-order valence-corrected chi connectivity index (χ2v) is 6.00. The van der Waals surface area contributed by atoms with Crippen molar-refractivity contribution in [2.45, 2.75) is 19.8 Å². The quantitative estimate of drug-likeness (QED) is 0.721. The molecule has 2 aromatic heterocycles. The Hall–Kier alpha value is -2.31. The molecule has 2 heterocycles. The molecule has 0 bridgehead atoms. The molecule has 0 aliphatic heterocycles. The maximum atomic E-state index is 11.1. The zero-order chi connectivity index (χ0) is 17.1. The van der Waals surface area contributed by atoms with Crippen LogP contribution in [0.5, 0.6) is 11.6 Å².